The second-order valence-corrected chi connectivity index (χ2v) is 5.22. The van der Waals surface area contributed by atoms with E-state index in [9.17, 15) is 4.79 Å². The fraction of sp³-hybridized carbons (Fsp3) is 0.267. The molecule has 108 valence electrons. The third-order valence-electron chi connectivity index (χ3n) is 3.86. The summed E-state index contributed by atoms with van der Waals surface area (Å²) in [6, 6.07) is 5.22. The van der Waals surface area contributed by atoms with E-state index in [4.69, 9.17) is 5.11 Å². The third kappa shape index (κ3) is 2.18. The van der Waals surface area contributed by atoms with E-state index in [1.165, 1.54) is 0 Å². The first-order chi connectivity index (χ1) is 9.97. The number of aromatic carboxylic acids is 1. The quantitative estimate of drug-likeness (QED) is 0.799. The average molecular weight is 284 g/mol. The van der Waals surface area contributed by atoms with Crippen LogP contribution in [0.2, 0.25) is 0 Å². The van der Waals surface area contributed by atoms with Gasteiger partial charge in [-0.1, -0.05) is 5.21 Å². The summed E-state index contributed by atoms with van der Waals surface area (Å²) in [5.74, 6) is -0.907. The van der Waals surface area contributed by atoms with Gasteiger partial charge in [-0.15, -0.1) is 5.10 Å². The number of carboxylic acid groups (broad SMARTS) is 1. The highest BCUT2D eigenvalue weighted by Gasteiger charge is 2.14. The van der Waals surface area contributed by atoms with Crippen LogP contribution in [-0.2, 0) is 13.6 Å². The smallest absolute Gasteiger partial charge is 0.335 e. The molecule has 0 fully saturated rings. The van der Waals surface area contributed by atoms with E-state index in [0.29, 0.717) is 12.1 Å². The standard InChI is InChI=1S/C15H16N4O2/c1-9-10(2)19(8-12-7-18(3)17-16-12)14-5-4-11(15(20)21)6-13(9)14/h4-7H,8H2,1-3H3,(H,20,21). The Morgan fingerprint density at radius 2 is 2.10 bits per heavy atom. The van der Waals surface area contributed by atoms with Gasteiger partial charge in [0.15, 0.2) is 0 Å². The Kier molecular flexibility index (Phi) is 3.01. The zero-order valence-corrected chi connectivity index (χ0v) is 12.2. The SMILES string of the molecule is Cc1c(C)n(Cc2cn(C)nn2)c2ccc(C(=O)O)cc12. The molecule has 0 aliphatic rings. The summed E-state index contributed by atoms with van der Waals surface area (Å²) in [7, 11) is 1.83. The van der Waals surface area contributed by atoms with Gasteiger partial charge >= 0.3 is 5.97 Å². The number of fused-ring (bicyclic) bond motifs is 1. The minimum absolute atomic E-state index is 0.308. The molecule has 21 heavy (non-hydrogen) atoms. The number of nitrogens with zero attached hydrogens (tertiary/aromatic N) is 4. The number of hydrogen-bond acceptors (Lipinski definition) is 3. The van der Waals surface area contributed by atoms with E-state index in [0.717, 1.165) is 27.9 Å². The molecule has 0 unspecified atom stereocenters. The van der Waals surface area contributed by atoms with Gasteiger partial charge in [-0.05, 0) is 37.6 Å². The topological polar surface area (TPSA) is 72.9 Å². The number of aryl methyl sites for hydroxylation is 2. The van der Waals surface area contributed by atoms with Crippen LogP contribution in [0.15, 0.2) is 24.4 Å². The molecule has 2 heterocycles. The zero-order chi connectivity index (χ0) is 15.1. The van der Waals surface area contributed by atoms with Crippen LogP contribution in [0.3, 0.4) is 0 Å². The number of hydrogen-bond donors (Lipinski definition) is 1. The van der Waals surface area contributed by atoms with Gasteiger partial charge in [0.05, 0.1) is 12.1 Å². The van der Waals surface area contributed by atoms with Gasteiger partial charge in [0, 0.05) is 29.8 Å². The van der Waals surface area contributed by atoms with Crippen molar-refractivity contribution in [3.8, 4) is 0 Å². The first-order valence-corrected chi connectivity index (χ1v) is 6.65. The highest BCUT2D eigenvalue weighted by Crippen LogP contribution is 2.27. The molecule has 0 saturated carbocycles. The van der Waals surface area contributed by atoms with E-state index in [1.807, 2.05) is 33.2 Å². The average Bonchev–Trinajstić information content (AvgIpc) is 2.96. The van der Waals surface area contributed by atoms with E-state index in [-0.39, 0.29) is 0 Å². The molecule has 0 aliphatic heterocycles. The fourth-order valence-electron chi connectivity index (χ4n) is 2.62. The van der Waals surface area contributed by atoms with Crippen molar-refractivity contribution in [2.75, 3.05) is 0 Å². The van der Waals surface area contributed by atoms with E-state index in [1.54, 1.807) is 16.8 Å². The van der Waals surface area contributed by atoms with Gasteiger partial charge in [-0.25, -0.2) is 4.79 Å². The molecule has 6 nitrogen and oxygen atoms in total. The molecule has 0 spiro atoms. The molecule has 0 amide bonds. The lowest BCUT2D eigenvalue weighted by Crippen LogP contribution is -2.02. The minimum atomic E-state index is -0.907. The van der Waals surface area contributed by atoms with Crippen LogP contribution >= 0.6 is 0 Å². The van der Waals surface area contributed by atoms with Crippen LogP contribution in [0, 0.1) is 13.8 Å². The molecule has 1 N–H and O–H groups in total. The first kappa shape index (κ1) is 13.4. The van der Waals surface area contributed by atoms with Crippen molar-refractivity contribution in [3.63, 3.8) is 0 Å². The van der Waals surface area contributed by atoms with Gasteiger partial charge in [0.2, 0.25) is 0 Å². The highest BCUT2D eigenvalue weighted by atomic mass is 16.4. The number of carboxylic acids is 1. The molecule has 3 rings (SSSR count). The third-order valence-corrected chi connectivity index (χ3v) is 3.86. The van der Waals surface area contributed by atoms with Crippen molar-refractivity contribution in [1.82, 2.24) is 19.6 Å². The van der Waals surface area contributed by atoms with Crippen LogP contribution in [0.25, 0.3) is 10.9 Å². The number of aromatic nitrogens is 4. The molecule has 0 aliphatic carbocycles. The van der Waals surface area contributed by atoms with Crippen molar-refractivity contribution in [1.29, 1.82) is 0 Å². The normalized spacial score (nSPS) is 11.2. The molecule has 0 saturated heterocycles. The monoisotopic (exact) mass is 284 g/mol. The van der Waals surface area contributed by atoms with Crippen LogP contribution in [0.1, 0.15) is 27.3 Å². The second-order valence-electron chi connectivity index (χ2n) is 5.22. The summed E-state index contributed by atoms with van der Waals surface area (Å²) in [4.78, 5) is 11.1. The van der Waals surface area contributed by atoms with E-state index >= 15 is 0 Å². The van der Waals surface area contributed by atoms with Crippen molar-refractivity contribution in [3.05, 3.63) is 46.9 Å². The number of rotatable bonds is 3. The van der Waals surface area contributed by atoms with Gasteiger partial charge in [-0.2, -0.15) is 0 Å². The van der Waals surface area contributed by atoms with Crippen LogP contribution in [0.5, 0.6) is 0 Å². The lowest BCUT2D eigenvalue weighted by Gasteiger charge is -2.06. The molecule has 0 radical (unpaired) electrons. The van der Waals surface area contributed by atoms with Gasteiger partial charge < -0.3 is 9.67 Å². The van der Waals surface area contributed by atoms with Crippen molar-refractivity contribution < 1.29 is 9.90 Å². The van der Waals surface area contributed by atoms with Gasteiger partial charge in [0.25, 0.3) is 0 Å². The lowest BCUT2D eigenvalue weighted by molar-refractivity contribution is 0.0697. The van der Waals surface area contributed by atoms with Gasteiger partial charge in [0.1, 0.15) is 5.69 Å². The number of benzene rings is 1. The summed E-state index contributed by atoms with van der Waals surface area (Å²) in [5, 5.41) is 18.1. The maximum Gasteiger partial charge on any atom is 0.335 e. The maximum absolute atomic E-state index is 11.1. The Hall–Kier alpha value is -2.63. The Morgan fingerprint density at radius 3 is 2.71 bits per heavy atom. The van der Waals surface area contributed by atoms with Crippen LogP contribution in [-0.4, -0.2) is 30.6 Å². The van der Waals surface area contributed by atoms with Gasteiger partial charge in [-0.3, -0.25) is 4.68 Å². The van der Waals surface area contributed by atoms with E-state index in [2.05, 4.69) is 14.9 Å². The Morgan fingerprint density at radius 1 is 1.33 bits per heavy atom. The van der Waals surface area contributed by atoms with E-state index < -0.39 is 5.97 Å². The fourth-order valence-corrected chi connectivity index (χ4v) is 2.62. The maximum atomic E-state index is 11.1. The van der Waals surface area contributed by atoms with Crippen LogP contribution in [0.4, 0.5) is 0 Å². The summed E-state index contributed by atoms with van der Waals surface area (Å²) in [5.41, 5.74) is 4.40. The zero-order valence-electron chi connectivity index (χ0n) is 12.2. The summed E-state index contributed by atoms with van der Waals surface area (Å²) in [6.07, 6.45) is 1.88. The van der Waals surface area contributed by atoms with Crippen LogP contribution < -0.4 is 0 Å². The molecule has 0 bridgehead atoms. The largest absolute Gasteiger partial charge is 0.478 e. The Labute approximate surface area is 121 Å². The molecule has 3 aromatic rings. The summed E-state index contributed by atoms with van der Waals surface area (Å²) in [6.45, 7) is 4.67. The summed E-state index contributed by atoms with van der Waals surface area (Å²) >= 11 is 0. The first-order valence-electron chi connectivity index (χ1n) is 6.65. The highest BCUT2D eigenvalue weighted by molar-refractivity contribution is 5.95. The summed E-state index contributed by atoms with van der Waals surface area (Å²) < 4.78 is 3.81. The molecule has 0 atom stereocenters. The minimum Gasteiger partial charge on any atom is -0.478 e. The Balaban J connectivity index is 2.14. The Bertz CT molecular complexity index is 845. The number of carbonyl (C=O) groups is 1. The molecule has 1 aromatic carbocycles. The molecular weight excluding hydrogens is 268 g/mol. The predicted molar refractivity (Wildman–Crippen MR) is 78.5 cm³/mol. The van der Waals surface area contributed by atoms with Crippen molar-refractivity contribution in [2.24, 2.45) is 7.05 Å². The second kappa shape index (κ2) is 4.73. The molecular formula is C15H16N4O2. The molecule has 6 heteroatoms. The lowest BCUT2D eigenvalue weighted by atomic mass is 10.1. The van der Waals surface area contributed by atoms with Crippen molar-refractivity contribution in [2.45, 2.75) is 20.4 Å². The van der Waals surface area contributed by atoms with Crippen molar-refractivity contribution >= 4 is 16.9 Å². The predicted octanol–water partition coefficient (Wildman–Crippen LogP) is 2.13. The molecule has 2 aromatic heterocycles.